The van der Waals surface area contributed by atoms with Gasteiger partial charge in [0.25, 0.3) is 0 Å². The average Bonchev–Trinajstić information content (AvgIpc) is 0.940. The van der Waals surface area contributed by atoms with E-state index in [1.807, 2.05) is 72.8 Å². The van der Waals surface area contributed by atoms with Crippen LogP contribution in [0.15, 0.2) is 328 Å². The van der Waals surface area contributed by atoms with Crippen LogP contribution in [-0.4, -0.2) is 106 Å². The van der Waals surface area contributed by atoms with Gasteiger partial charge in [-0.3, -0.25) is 14.1 Å². The van der Waals surface area contributed by atoms with Crippen molar-refractivity contribution in [2.45, 2.75) is 0 Å². The molecule has 0 aliphatic rings. The summed E-state index contributed by atoms with van der Waals surface area (Å²) in [5.41, 5.74) is 0. The van der Waals surface area contributed by atoms with Crippen LogP contribution in [0.3, 0.4) is 0 Å². The molecule has 0 atom stereocenters. The molecule has 0 aromatic heterocycles. The molecule has 105 heavy (non-hydrogen) atoms. The van der Waals surface area contributed by atoms with Crippen molar-refractivity contribution in [1.82, 2.24) is 0 Å². The van der Waals surface area contributed by atoms with E-state index in [9.17, 15) is 0 Å². The standard InChI is InChI=1S/6C13H12IO.3FH.9O.3Sb/c6*1-15-13-9-7-12(8-10-13)14-11-5-3-2-4-6-11;;;;;;;;;;;;;;;/h6*2-10H,1H3;3*1H;;;;;;;;;;;;/q6*+1;;;;;;;6*-1;;;. The molecule has 555 valence electrons. The topological polar surface area (TPSA) is 245 Å². The van der Waals surface area contributed by atoms with Gasteiger partial charge in [0.05, 0.1) is 42.7 Å². The van der Waals surface area contributed by atoms with Gasteiger partial charge in [0.1, 0.15) is 34.5 Å². The van der Waals surface area contributed by atoms with Gasteiger partial charge in [-0.2, -0.15) is 0 Å². The number of ether oxygens (including phenoxy) is 6. The van der Waals surface area contributed by atoms with E-state index in [4.69, 9.17) is 57.8 Å². The molecule has 0 aliphatic carbocycles. The minimum atomic E-state index is -4.20. The van der Waals surface area contributed by atoms with Crippen molar-refractivity contribution in [1.29, 1.82) is 0 Å². The van der Waals surface area contributed by atoms with E-state index in [-0.39, 0.29) is 141 Å². The number of hydrogen-bond donors (Lipinski definition) is 0. The fourth-order valence-electron chi connectivity index (χ4n) is 7.42. The van der Waals surface area contributed by atoms with E-state index in [1.54, 1.807) is 42.7 Å². The van der Waals surface area contributed by atoms with Gasteiger partial charge in [-0.1, -0.05) is 109 Å². The summed E-state index contributed by atoms with van der Waals surface area (Å²) >= 11 is -12.9. The second-order valence-electron chi connectivity index (χ2n) is 19.0. The Morgan fingerprint density at radius 1 is 0.181 bits per heavy atom. The van der Waals surface area contributed by atoms with E-state index in [1.165, 1.54) is 42.8 Å². The van der Waals surface area contributed by atoms with Crippen molar-refractivity contribution < 1.29 is 199 Å². The zero-order chi connectivity index (χ0) is 73.8. The van der Waals surface area contributed by atoms with Gasteiger partial charge in [-0.15, -0.1) is 0 Å². The number of halogens is 9. The second kappa shape index (κ2) is 62.0. The number of rotatable bonds is 18. The van der Waals surface area contributed by atoms with Crippen LogP contribution < -0.4 is 176 Å². The molecule has 0 bridgehead atoms. The summed E-state index contributed by atoms with van der Waals surface area (Å²) in [6.45, 7) is 0. The molecular formula is C78H75F3I6O15Sb3. The first-order valence-corrected chi connectivity index (χ1v) is 52.3. The maximum atomic E-state index is 8.60. The van der Waals surface area contributed by atoms with E-state index >= 15 is 0 Å². The molecule has 3 radical (unpaired) electrons. The van der Waals surface area contributed by atoms with Gasteiger partial charge < -0.3 is 28.4 Å². The van der Waals surface area contributed by atoms with Crippen molar-refractivity contribution in [2.75, 3.05) is 42.7 Å². The molecule has 0 unspecified atom stereocenters. The van der Waals surface area contributed by atoms with Gasteiger partial charge in [-0.25, -0.2) is 0 Å². The Morgan fingerprint density at radius 3 is 0.352 bits per heavy atom. The Balaban J connectivity index is 0.000000607. The van der Waals surface area contributed by atoms with E-state index < -0.39 is 63.1 Å². The van der Waals surface area contributed by atoms with Crippen molar-refractivity contribution in [2.24, 2.45) is 0 Å². The van der Waals surface area contributed by atoms with Crippen molar-refractivity contribution >= 4 is 63.1 Å². The summed E-state index contributed by atoms with van der Waals surface area (Å²) in [5.74, 6) is 5.56. The Labute approximate surface area is 699 Å². The molecule has 0 N–H and O–H groups in total. The van der Waals surface area contributed by atoms with Crippen molar-refractivity contribution in [3.05, 3.63) is 370 Å². The summed E-state index contributed by atoms with van der Waals surface area (Å²) in [4.78, 5) is 0. The molecule has 0 spiro atoms. The zero-order valence-electron chi connectivity index (χ0n) is 57.1. The predicted octanol–water partition coefficient (Wildman–Crippen LogP) is -9.23. The van der Waals surface area contributed by atoms with Crippen LogP contribution >= 0.6 is 0 Å². The van der Waals surface area contributed by atoms with Crippen LogP contribution in [0.4, 0.5) is 14.1 Å². The summed E-state index contributed by atoms with van der Waals surface area (Å²) in [5, 5.41) is 0. The van der Waals surface area contributed by atoms with Crippen molar-refractivity contribution in [3.8, 4) is 34.5 Å². The van der Waals surface area contributed by atoms with Gasteiger partial charge in [0, 0.05) is 0 Å². The fraction of sp³-hybridized carbons (Fsp3) is 0.0769. The Kier molecular flexibility index (Phi) is 58.0. The summed E-state index contributed by atoms with van der Waals surface area (Å²) in [6.07, 6.45) is 0. The van der Waals surface area contributed by atoms with Gasteiger partial charge >= 0.3 is 220 Å². The first-order valence-electron chi connectivity index (χ1n) is 30.0. The third-order valence-electron chi connectivity index (χ3n) is 12.0. The van der Waals surface area contributed by atoms with Crippen molar-refractivity contribution in [3.63, 3.8) is 0 Å². The van der Waals surface area contributed by atoms with Crippen LogP contribution in [0.1, 0.15) is 0 Å². The first-order chi connectivity index (χ1) is 49.5. The zero-order valence-corrected chi connectivity index (χ0v) is 77.7. The molecule has 0 heterocycles. The molecular weight excluding hydrogens is 2360 g/mol. The molecule has 0 aliphatic heterocycles. The van der Waals surface area contributed by atoms with Crippen LogP contribution in [-0.2, 0) is 9.05 Å². The number of hydrogen-bond acceptors (Lipinski definition) is 15. The maximum absolute atomic E-state index is 8.60. The summed E-state index contributed by atoms with van der Waals surface area (Å²) in [6, 6.07) is 114. The molecule has 12 aromatic carbocycles. The Bertz CT molecular complexity index is 3470. The molecule has 0 saturated carbocycles. The fourth-order valence-corrected chi connectivity index (χ4v) is 20.7. The number of methoxy groups -OCH3 is 6. The first kappa shape index (κ1) is 98.2. The molecule has 12 aromatic rings. The van der Waals surface area contributed by atoms with Crippen LogP contribution in [0.25, 0.3) is 0 Å². The quantitative estimate of drug-likeness (QED) is 0.0572. The molecule has 0 amide bonds. The van der Waals surface area contributed by atoms with E-state index in [0.29, 0.717) is 0 Å². The van der Waals surface area contributed by atoms with Gasteiger partial charge in [0.2, 0.25) is 0 Å². The van der Waals surface area contributed by atoms with Crippen LogP contribution in [0.5, 0.6) is 34.5 Å². The summed E-state index contributed by atoms with van der Waals surface area (Å²) in [7, 11) is 10.2. The minimum absolute atomic E-state index is 0. The number of benzene rings is 12. The Morgan fingerprint density at radius 2 is 0.267 bits per heavy atom. The third-order valence-corrected chi connectivity index (χ3v) is 28.1. The summed E-state index contributed by atoms with van der Waals surface area (Å²) < 4.78 is 125. The molecule has 12 rings (SSSR count). The third kappa shape index (κ3) is 48.4. The van der Waals surface area contributed by atoms with E-state index in [0.717, 1.165) is 34.5 Å². The Hall–Kier alpha value is -4.78. The predicted molar refractivity (Wildman–Crippen MR) is 368 cm³/mol. The SMILES string of the molecule is COc1ccc([I+]c2ccccc2)cc1.COc1ccc([I+]c2ccccc2)cc1.COc1ccc([I+]c2ccccc2)cc1.COc1ccc([I+]c2ccccc2)cc1.COc1ccc([I+]c2ccccc2)cc1.COc1ccc([I+]c2ccccc2)cc1.F.F.F.[O]=[Sb]([O-])[O-].[O]=[Sb]([O-])[O-].[O]=[Sb]([O-])[O-]. The van der Waals surface area contributed by atoms with Gasteiger partial charge in [-0.05, 0) is 218 Å². The monoisotopic (exact) mass is 2430 g/mol. The van der Waals surface area contributed by atoms with Crippen LogP contribution in [0.2, 0.25) is 0 Å². The molecule has 27 heteroatoms. The molecule has 15 nitrogen and oxygen atoms in total. The molecule has 0 fully saturated rings. The average molecular weight is 2440 g/mol. The second-order valence-corrected chi connectivity index (χ2v) is 41.0. The molecule has 0 saturated heterocycles. The van der Waals surface area contributed by atoms with Gasteiger partial charge in [0.15, 0.2) is 42.8 Å². The van der Waals surface area contributed by atoms with Crippen LogP contribution in [0, 0.1) is 42.8 Å². The van der Waals surface area contributed by atoms with E-state index in [2.05, 4.69) is 255 Å². The normalized spacial score (nSPS) is 9.26.